The maximum atomic E-state index is 11.1. The summed E-state index contributed by atoms with van der Waals surface area (Å²) in [7, 11) is 0. The van der Waals surface area contributed by atoms with Crippen LogP contribution in [0.15, 0.2) is 54.7 Å². The monoisotopic (exact) mass is 446 g/mol. The van der Waals surface area contributed by atoms with E-state index in [-0.39, 0.29) is 12.6 Å². The van der Waals surface area contributed by atoms with Crippen LogP contribution in [0.25, 0.3) is 33.7 Å². The lowest BCUT2D eigenvalue weighted by Crippen LogP contribution is -2.10. The molecule has 0 N–H and O–H groups in total. The summed E-state index contributed by atoms with van der Waals surface area (Å²) in [6.45, 7) is 7.10. The first-order valence-corrected chi connectivity index (χ1v) is 10.9. The minimum atomic E-state index is -0.328. The second kappa shape index (κ2) is 10.1. The molecule has 0 aliphatic rings. The van der Waals surface area contributed by atoms with Gasteiger partial charge in [-0.05, 0) is 62.4 Å². The highest BCUT2D eigenvalue weighted by Crippen LogP contribution is 2.32. The topological polar surface area (TPSA) is 88.4 Å². The summed E-state index contributed by atoms with van der Waals surface area (Å²) in [5.74, 6) is 1.27. The molecule has 170 valence electrons. The first kappa shape index (κ1) is 22.3. The molecule has 0 aliphatic heterocycles. The molecule has 8 heteroatoms. The van der Waals surface area contributed by atoms with Crippen molar-refractivity contribution in [2.24, 2.45) is 0 Å². The van der Waals surface area contributed by atoms with Crippen molar-refractivity contribution in [2.75, 3.05) is 19.8 Å². The molecule has 0 saturated heterocycles. The van der Waals surface area contributed by atoms with Gasteiger partial charge >= 0.3 is 5.97 Å². The van der Waals surface area contributed by atoms with Crippen LogP contribution in [-0.4, -0.2) is 45.5 Å². The van der Waals surface area contributed by atoms with E-state index in [1.807, 2.05) is 62.4 Å². The average Bonchev–Trinajstić information content (AvgIpc) is 3.21. The van der Waals surface area contributed by atoms with Crippen molar-refractivity contribution in [3.05, 3.63) is 54.7 Å². The fourth-order valence-electron chi connectivity index (χ4n) is 3.49. The number of ether oxygens (including phenoxy) is 3. The molecule has 0 radical (unpaired) electrons. The molecular formula is C25H26N4O4. The van der Waals surface area contributed by atoms with E-state index >= 15 is 0 Å². The largest absolute Gasteiger partial charge is 0.494 e. The van der Waals surface area contributed by atoms with Gasteiger partial charge in [-0.1, -0.05) is 0 Å². The number of esters is 1. The second-order valence-corrected chi connectivity index (χ2v) is 7.25. The minimum absolute atomic E-state index is 0.215. The van der Waals surface area contributed by atoms with E-state index in [1.165, 1.54) is 6.92 Å². The molecular weight excluding hydrogens is 420 g/mol. The van der Waals surface area contributed by atoms with Crippen molar-refractivity contribution < 1.29 is 19.0 Å². The van der Waals surface area contributed by atoms with Crippen LogP contribution in [-0.2, 0) is 16.1 Å². The summed E-state index contributed by atoms with van der Waals surface area (Å²) in [5, 5.41) is 4.40. The Morgan fingerprint density at radius 1 is 0.848 bits per heavy atom. The maximum absolute atomic E-state index is 11.1. The van der Waals surface area contributed by atoms with Gasteiger partial charge in [0.1, 0.15) is 23.6 Å². The van der Waals surface area contributed by atoms with Crippen LogP contribution in [0.2, 0.25) is 0 Å². The normalized spacial score (nSPS) is 10.9. The Balaban J connectivity index is 1.79. The van der Waals surface area contributed by atoms with Crippen molar-refractivity contribution in [3.8, 4) is 34.0 Å². The molecule has 0 amide bonds. The van der Waals surface area contributed by atoms with Crippen molar-refractivity contribution >= 4 is 17.1 Å². The molecule has 0 aliphatic carbocycles. The molecule has 2 aromatic carbocycles. The average molecular weight is 447 g/mol. The summed E-state index contributed by atoms with van der Waals surface area (Å²) in [4.78, 5) is 21.0. The molecule has 33 heavy (non-hydrogen) atoms. The van der Waals surface area contributed by atoms with E-state index in [9.17, 15) is 4.79 Å². The molecule has 4 aromatic rings. The van der Waals surface area contributed by atoms with Crippen LogP contribution < -0.4 is 9.47 Å². The van der Waals surface area contributed by atoms with Gasteiger partial charge in [0.05, 0.1) is 37.3 Å². The Labute approximate surface area is 192 Å². The molecule has 0 unspecified atom stereocenters. The Morgan fingerprint density at radius 3 is 1.91 bits per heavy atom. The van der Waals surface area contributed by atoms with Crippen LogP contribution in [0.3, 0.4) is 0 Å². The molecule has 0 saturated carbocycles. The van der Waals surface area contributed by atoms with Gasteiger partial charge in [-0.2, -0.15) is 5.10 Å². The summed E-state index contributed by atoms with van der Waals surface area (Å²) in [6.07, 6.45) is 1.68. The zero-order valence-corrected chi connectivity index (χ0v) is 18.9. The van der Waals surface area contributed by atoms with Gasteiger partial charge in [-0.3, -0.25) is 4.79 Å². The number of nitrogens with zero attached hydrogens (tertiary/aromatic N) is 4. The molecule has 2 aromatic heterocycles. The Kier molecular flexibility index (Phi) is 6.83. The fourth-order valence-corrected chi connectivity index (χ4v) is 3.49. The van der Waals surface area contributed by atoms with Crippen molar-refractivity contribution in [1.29, 1.82) is 0 Å². The van der Waals surface area contributed by atoms with Crippen LogP contribution in [0, 0.1) is 0 Å². The van der Waals surface area contributed by atoms with Gasteiger partial charge in [0.2, 0.25) is 0 Å². The number of aromatic nitrogens is 4. The number of rotatable bonds is 9. The third-order valence-corrected chi connectivity index (χ3v) is 4.95. The highest BCUT2D eigenvalue weighted by atomic mass is 16.5. The number of carbonyl (C=O) groups excluding carboxylic acids is 1. The first-order valence-electron chi connectivity index (χ1n) is 10.9. The molecule has 4 rings (SSSR count). The fraction of sp³-hybridized carbons (Fsp3) is 0.280. The number of fused-ring (bicyclic) bond motifs is 1. The zero-order valence-electron chi connectivity index (χ0n) is 18.9. The Hall–Kier alpha value is -3.94. The lowest BCUT2D eigenvalue weighted by molar-refractivity contribution is -0.141. The highest BCUT2D eigenvalue weighted by molar-refractivity contribution is 5.84. The quantitative estimate of drug-likeness (QED) is 0.349. The van der Waals surface area contributed by atoms with E-state index in [0.29, 0.717) is 30.9 Å². The van der Waals surface area contributed by atoms with Crippen LogP contribution in [0.5, 0.6) is 11.5 Å². The van der Waals surface area contributed by atoms with Gasteiger partial charge in [0, 0.05) is 18.1 Å². The van der Waals surface area contributed by atoms with E-state index in [0.717, 1.165) is 34.0 Å². The Morgan fingerprint density at radius 2 is 1.39 bits per heavy atom. The van der Waals surface area contributed by atoms with Crippen LogP contribution in [0.4, 0.5) is 0 Å². The Bertz CT molecular complexity index is 1230. The standard InChI is InChI=1S/C25H26N4O4/c1-4-31-20-10-6-18(7-11-20)23-24(19-8-12-21(13-9-19)32-5-2)28-25-22(27-23)16-26-29(25)14-15-33-17(3)30/h6-13,16H,4-5,14-15H2,1-3H3. The highest BCUT2D eigenvalue weighted by Gasteiger charge is 2.16. The second-order valence-electron chi connectivity index (χ2n) is 7.25. The van der Waals surface area contributed by atoms with Gasteiger partial charge < -0.3 is 14.2 Å². The predicted octanol–water partition coefficient (Wildman–Crippen LogP) is 4.52. The molecule has 0 atom stereocenters. The third-order valence-electron chi connectivity index (χ3n) is 4.95. The van der Waals surface area contributed by atoms with Crippen LogP contribution >= 0.6 is 0 Å². The molecule has 8 nitrogen and oxygen atoms in total. The van der Waals surface area contributed by atoms with Gasteiger partial charge in [0.25, 0.3) is 0 Å². The van der Waals surface area contributed by atoms with Crippen LogP contribution in [0.1, 0.15) is 20.8 Å². The van der Waals surface area contributed by atoms with E-state index in [1.54, 1.807) is 10.9 Å². The van der Waals surface area contributed by atoms with Gasteiger partial charge in [-0.25, -0.2) is 14.6 Å². The molecule has 0 fully saturated rings. The molecule has 0 spiro atoms. The number of carbonyl (C=O) groups is 1. The van der Waals surface area contributed by atoms with Crippen molar-refractivity contribution in [2.45, 2.75) is 27.3 Å². The summed E-state index contributed by atoms with van der Waals surface area (Å²) in [5.41, 5.74) is 4.59. The van der Waals surface area contributed by atoms with Crippen molar-refractivity contribution in [1.82, 2.24) is 19.7 Å². The molecule has 0 bridgehead atoms. The van der Waals surface area contributed by atoms with E-state index in [2.05, 4.69) is 5.10 Å². The lowest BCUT2D eigenvalue weighted by Gasteiger charge is -2.12. The first-order chi connectivity index (χ1) is 16.1. The summed E-state index contributed by atoms with van der Waals surface area (Å²) >= 11 is 0. The smallest absolute Gasteiger partial charge is 0.302 e. The number of hydrogen-bond acceptors (Lipinski definition) is 7. The number of benzene rings is 2. The SMILES string of the molecule is CCOc1ccc(-c2nc3cnn(CCOC(C)=O)c3nc2-c2ccc(OCC)cc2)cc1. The van der Waals surface area contributed by atoms with Crippen molar-refractivity contribution in [3.63, 3.8) is 0 Å². The maximum Gasteiger partial charge on any atom is 0.302 e. The minimum Gasteiger partial charge on any atom is -0.494 e. The van der Waals surface area contributed by atoms with Gasteiger partial charge in [-0.15, -0.1) is 0 Å². The third kappa shape index (κ3) is 5.11. The predicted molar refractivity (Wildman–Crippen MR) is 125 cm³/mol. The lowest BCUT2D eigenvalue weighted by atomic mass is 10.0. The van der Waals surface area contributed by atoms with E-state index in [4.69, 9.17) is 24.2 Å². The molecule has 2 heterocycles. The summed E-state index contributed by atoms with van der Waals surface area (Å²) in [6, 6.07) is 15.6. The van der Waals surface area contributed by atoms with Gasteiger partial charge in [0.15, 0.2) is 5.65 Å². The van der Waals surface area contributed by atoms with E-state index < -0.39 is 0 Å². The summed E-state index contributed by atoms with van der Waals surface area (Å²) < 4.78 is 17.9. The number of hydrogen-bond donors (Lipinski definition) is 0. The zero-order chi connectivity index (χ0) is 23.2.